The summed E-state index contributed by atoms with van der Waals surface area (Å²) in [4.78, 5) is 21.6. The van der Waals surface area contributed by atoms with Crippen LogP contribution in [0, 0.1) is 0 Å². The standard InChI is InChI=1S/C10H11NO5S.Ca/c1-7(12)5-10(13)11-8-3-2-4-9(6-8)17(14,15)16;/h2-4,6H,5H2,1H3,(H,11,13)(H,14,15,16);. The van der Waals surface area contributed by atoms with E-state index in [9.17, 15) is 18.0 Å². The van der Waals surface area contributed by atoms with Gasteiger partial charge in [-0.25, -0.2) is 0 Å². The van der Waals surface area contributed by atoms with Gasteiger partial charge in [0.05, 0.1) is 11.3 Å². The number of hydrogen-bond donors (Lipinski definition) is 2. The minimum Gasteiger partial charge on any atom is -0.326 e. The van der Waals surface area contributed by atoms with Gasteiger partial charge < -0.3 is 5.32 Å². The largest absolute Gasteiger partial charge is 0.326 e. The maximum absolute atomic E-state index is 11.2. The van der Waals surface area contributed by atoms with Gasteiger partial charge in [-0.2, -0.15) is 8.42 Å². The average Bonchev–Trinajstić information content (AvgIpc) is 2.15. The summed E-state index contributed by atoms with van der Waals surface area (Å²) in [6, 6.07) is 5.11. The second-order valence-corrected chi connectivity index (χ2v) is 4.85. The summed E-state index contributed by atoms with van der Waals surface area (Å²) >= 11 is 0. The van der Waals surface area contributed by atoms with Crippen LogP contribution in [0.5, 0.6) is 0 Å². The molecular weight excluding hydrogens is 286 g/mol. The third-order valence-electron chi connectivity index (χ3n) is 1.83. The van der Waals surface area contributed by atoms with Crippen molar-refractivity contribution < 1.29 is 22.6 Å². The fraction of sp³-hybridized carbons (Fsp3) is 0.200. The molecule has 0 aliphatic carbocycles. The molecule has 2 radical (unpaired) electrons. The zero-order valence-electron chi connectivity index (χ0n) is 9.71. The molecule has 2 N–H and O–H groups in total. The Bertz CT molecular complexity index is 555. The first-order valence-electron chi connectivity index (χ1n) is 4.66. The van der Waals surface area contributed by atoms with Crippen LogP contribution in [0.3, 0.4) is 0 Å². The van der Waals surface area contributed by atoms with Crippen molar-refractivity contribution >= 4 is 65.2 Å². The minimum absolute atomic E-state index is 0. The van der Waals surface area contributed by atoms with Gasteiger partial charge in [-0.1, -0.05) is 6.07 Å². The minimum atomic E-state index is -4.30. The Morgan fingerprint density at radius 2 is 1.94 bits per heavy atom. The van der Waals surface area contributed by atoms with E-state index in [4.69, 9.17) is 4.55 Å². The topological polar surface area (TPSA) is 101 Å². The smallest absolute Gasteiger partial charge is 0.294 e. The van der Waals surface area contributed by atoms with E-state index in [0.29, 0.717) is 0 Å². The number of rotatable bonds is 4. The maximum atomic E-state index is 11.2. The van der Waals surface area contributed by atoms with Crippen molar-refractivity contribution in [3.05, 3.63) is 24.3 Å². The van der Waals surface area contributed by atoms with Crippen LogP contribution < -0.4 is 5.32 Å². The van der Waals surface area contributed by atoms with Crippen LogP contribution in [0.1, 0.15) is 13.3 Å². The quantitative estimate of drug-likeness (QED) is 0.478. The SMILES string of the molecule is CC(=O)CC(=O)Nc1cccc(S(=O)(=O)O)c1.[Ca]. The number of anilines is 1. The van der Waals surface area contributed by atoms with Crippen LogP contribution in [0.25, 0.3) is 0 Å². The van der Waals surface area contributed by atoms with Crippen LogP contribution in [-0.2, 0) is 19.7 Å². The average molecular weight is 297 g/mol. The number of Topliss-reactive ketones (excluding diaryl/α,β-unsaturated/α-hetero) is 1. The van der Waals surface area contributed by atoms with Gasteiger partial charge >= 0.3 is 0 Å². The first-order chi connectivity index (χ1) is 7.79. The van der Waals surface area contributed by atoms with Crippen LogP contribution in [0.2, 0.25) is 0 Å². The van der Waals surface area contributed by atoms with Gasteiger partial charge in [0, 0.05) is 43.4 Å². The Morgan fingerprint density at radius 1 is 1.33 bits per heavy atom. The number of carbonyl (C=O) groups is 2. The summed E-state index contributed by atoms with van der Waals surface area (Å²) in [5.74, 6) is -0.835. The van der Waals surface area contributed by atoms with E-state index in [0.717, 1.165) is 6.07 Å². The molecule has 0 saturated carbocycles. The van der Waals surface area contributed by atoms with E-state index >= 15 is 0 Å². The summed E-state index contributed by atoms with van der Waals surface area (Å²) in [5, 5.41) is 2.35. The molecule has 8 heteroatoms. The molecule has 0 aromatic heterocycles. The third kappa shape index (κ3) is 5.92. The number of carbonyl (C=O) groups excluding carboxylic acids is 2. The number of benzene rings is 1. The summed E-state index contributed by atoms with van der Waals surface area (Å²) < 4.78 is 30.5. The Labute approximate surface area is 135 Å². The number of amides is 1. The van der Waals surface area contributed by atoms with Gasteiger partial charge in [0.2, 0.25) is 5.91 Å². The molecule has 1 rings (SSSR count). The van der Waals surface area contributed by atoms with E-state index in [1.165, 1.54) is 25.1 Å². The molecule has 18 heavy (non-hydrogen) atoms. The van der Waals surface area contributed by atoms with Crippen LogP contribution in [-0.4, -0.2) is 62.4 Å². The molecule has 0 aliphatic rings. The third-order valence-corrected chi connectivity index (χ3v) is 2.67. The monoisotopic (exact) mass is 297 g/mol. The molecule has 6 nitrogen and oxygen atoms in total. The Hall–Kier alpha value is -0.470. The van der Waals surface area contributed by atoms with Crippen LogP contribution in [0.15, 0.2) is 29.2 Å². The molecule has 1 aromatic carbocycles. The van der Waals surface area contributed by atoms with Crippen molar-refractivity contribution in [3.63, 3.8) is 0 Å². The summed E-state index contributed by atoms with van der Waals surface area (Å²) in [5.41, 5.74) is 0.200. The summed E-state index contributed by atoms with van der Waals surface area (Å²) in [7, 11) is -4.30. The zero-order valence-corrected chi connectivity index (χ0v) is 12.7. The van der Waals surface area contributed by atoms with Gasteiger partial charge in [0.25, 0.3) is 10.1 Å². The van der Waals surface area contributed by atoms with E-state index in [-0.39, 0.29) is 60.5 Å². The Balaban J connectivity index is 0.00000289. The first-order valence-corrected chi connectivity index (χ1v) is 6.10. The molecule has 1 amide bonds. The molecule has 0 heterocycles. The first kappa shape index (κ1) is 17.5. The fourth-order valence-corrected chi connectivity index (χ4v) is 1.69. The van der Waals surface area contributed by atoms with E-state index < -0.39 is 16.0 Å². The second kappa shape index (κ2) is 7.20. The molecular formula is C10H11CaNO5S. The molecule has 94 valence electrons. The van der Waals surface area contributed by atoms with Gasteiger partial charge in [0.15, 0.2) is 0 Å². The van der Waals surface area contributed by atoms with Crippen molar-refractivity contribution in [3.8, 4) is 0 Å². The van der Waals surface area contributed by atoms with Gasteiger partial charge in [-0.3, -0.25) is 14.1 Å². The Kier molecular flexibility index (Phi) is 7.01. The molecule has 0 fully saturated rings. The number of nitrogens with one attached hydrogen (secondary N) is 1. The fourth-order valence-electron chi connectivity index (χ4n) is 1.17. The van der Waals surface area contributed by atoms with E-state index in [1.807, 2.05) is 0 Å². The normalized spacial score (nSPS) is 10.3. The zero-order chi connectivity index (χ0) is 13.1. The van der Waals surface area contributed by atoms with E-state index in [2.05, 4.69) is 5.32 Å². The molecule has 0 aliphatic heterocycles. The Morgan fingerprint density at radius 3 is 2.44 bits per heavy atom. The molecule has 0 spiro atoms. The molecule has 0 unspecified atom stereocenters. The van der Waals surface area contributed by atoms with Crippen molar-refractivity contribution in [2.24, 2.45) is 0 Å². The van der Waals surface area contributed by atoms with Gasteiger partial charge in [0.1, 0.15) is 5.78 Å². The summed E-state index contributed by atoms with van der Waals surface area (Å²) in [6.07, 6.45) is -0.282. The predicted molar refractivity (Wildman–Crippen MR) is 65.9 cm³/mol. The van der Waals surface area contributed by atoms with Crippen molar-refractivity contribution in [2.45, 2.75) is 18.2 Å². The van der Waals surface area contributed by atoms with E-state index in [1.54, 1.807) is 0 Å². The van der Waals surface area contributed by atoms with Crippen LogP contribution in [0.4, 0.5) is 5.69 Å². The second-order valence-electron chi connectivity index (χ2n) is 3.43. The molecule has 0 atom stereocenters. The number of ketones is 1. The molecule has 0 bridgehead atoms. The van der Waals surface area contributed by atoms with Crippen molar-refractivity contribution in [1.29, 1.82) is 0 Å². The number of hydrogen-bond acceptors (Lipinski definition) is 4. The van der Waals surface area contributed by atoms with Crippen molar-refractivity contribution in [1.82, 2.24) is 0 Å². The van der Waals surface area contributed by atoms with Gasteiger partial charge in [-0.15, -0.1) is 0 Å². The molecule has 1 aromatic rings. The van der Waals surface area contributed by atoms with Gasteiger partial charge in [-0.05, 0) is 25.1 Å². The van der Waals surface area contributed by atoms with Crippen molar-refractivity contribution in [2.75, 3.05) is 5.32 Å². The molecule has 0 saturated heterocycles. The van der Waals surface area contributed by atoms with Crippen LogP contribution >= 0.6 is 0 Å². The maximum Gasteiger partial charge on any atom is 0.294 e. The summed E-state index contributed by atoms with van der Waals surface area (Å²) in [6.45, 7) is 1.27. The predicted octanol–water partition coefficient (Wildman–Crippen LogP) is 0.470.